The molecule has 0 bridgehead atoms. The minimum atomic E-state index is 0.557. The van der Waals surface area contributed by atoms with Crippen LogP contribution < -0.4 is 0 Å². The second-order valence-corrected chi connectivity index (χ2v) is 6.02. The number of halogens is 1. The summed E-state index contributed by atoms with van der Waals surface area (Å²) in [5.74, 6) is 2.18. The van der Waals surface area contributed by atoms with E-state index in [2.05, 4.69) is 53.1 Å². The predicted octanol–water partition coefficient (Wildman–Crippen LogP) is 3.18. The molecule has 5 heteroatoms. The molecule has 0 atom stereocenters. The van der Waals surface area contributed by atoms with Crippen molar-refractivity contribution in [3.05, 3.63) is 48.0 Å². The minimum Gasteiger partial charge on any atom is -0.290 e. The third-order valence-electron chi connectivity index (χ3n) is 3.25. The van der Waals surface area contributed by atoms with E-state index in [0.717, 1.165) is 32.0 Å². The molecule has 1 heterocycles. The zero-order valence-corrected chi connectivity index (χ0v) is 13.5. The summed E-state index contributed by atoms with van der Waals surface area (Å²) in [6, 6.07) is 10.4. The second-order valence-electron chi connectivity index (χ2n) is 5.64. The molecule has 0 saturated heterocycles. The van der Waals surface area contributed by atoms with Crippen molar-refractivity contribution in [3.63, 3.8) is 0 Å². The van der Waals surface area contributed by atoms with E-state index in [1.807, 2.05) is 10.7 Å². The van der Waals surface area contributed by atoms with Gasteiger partial charge in [-0.1, -0.05) is 44.2 Å². The number of hydrogen-bond donors (Lipinski definition) is 0. The van der Waals surface area contributed by atoms with Gasteiger partial charge in [0.05, 0.1) is 6.54 Å². The molecule has 0 radical (unpaired) electrons. The SMILES string of the molecule is CC(C)Cn1ncnc1CN(CCCl)Cc1ccccc1. The summed E-state index contributed by atoms with van der Waals surface area (Å²) in [4.78, 5) is 6.71. The molecule has 1 aromatic carbocycles. The molecular formula is C16H23ClN4. The van der Waals surface area contributed by atoms with Crippen molar-refractivity contribution in [1.29, 1.82) is 0 Å². The van der Waals surface area contributed by atoms with Crippen LogP contribution in [-0.4, -0.2) is 32.1 Å². The van der Waals surface area contributed by atoms with Crippen LogP contribution in [-0.2, 0) is 19.6 Å². The number of benzene rings is 1. The van der Waals surface area contributed by atoms with Gasteiger partial charge in [-0.05, 0) is 11.5 Å². The summed E-state index contributed by atoms with van der Waals surface area (Å²) < 4.78 is 2.00. The second kappa shape index (κ2) is 8.15. The van der Waals surface area contributed by atoms with Gasteiger partial charge in [-0.25, -0.2) is 9.67 Å². The summed E-state index contributed by atoms with van der Waals surface area (Å²) in [6.45, 7) is 7.76. The summed E-state index contributed by atoms with van der Waals surface area (Å²) in [7, 11) is 0. The molecule has 4 nitrogen and oxygen atoms in total. The summed E-state index contributed by atoms with van der Waals surface area (Å²) in [5, 5.41) is 4.32. The Hall–Kier alpha value is -1.39. The lowest BCUT2D eigenvalue weighted by Gasteiger charge is -2.21. The van der Waals surface area contributed by atoms with Crippen molar-refractivity contribution in [2.75, 3.05) is 12.4 Å². The van der Waals surface area contributed by atoms with E-state index in [4.69, 9.17) is 11.6 Å². The van der Waals surface area contributed by atoms with Crippen molar-refractivity contribution in [3.8, 4) is 0 Å². The Morgan fingerprint density at radius 2 is 1.95 bits per heavy atom. The fraction of sp³-hybridized carbons (Fsp3) is 0.500. The lowest BCUT2D eigenvalue weighted by atomic mass is 10.2. The van der Waals surface area contributed by atoms with Gasteiger partial charge < -0.3 is 0 Å². The highest BCUT2D eigenvalue weighted by Gasteiger charge is 2.12. The molecule has 114 valence electrons. The van der Waals surface area contributed by atoms with E-state index in [9.17, 15) is 0 Å². The van der Waals surface area contributed by atoms with E-state index in [1.54, 1.807) is 6.33 Å². The van der Waals surface area contributed by atoms with Crippen LogP contribution in [0.1, 0.15) is 25.2 Å². The van der Waals surface area contributed by atoms with Gasteiger partial charge >= 0.3 is 0 Å². The van der Waals surface area contributed by atoms with Crippen LogP contribution in [0.15, 0.2) is 36.7 Å². The average molecular weight is 307 g/mol. The van der Waals surface area contributed by atoms with Crippen LogP contribution in [0.25, 0.3) is 0 Å². The van der Waals surface area contributed by atoms with Crippen LogP contribution in [0.4, 0.5) is 0 Å². The van der Waals surface area contributed by atoms with Gasteiger partial charge in [-0.2, -0.15) is 5.10 Å². The predicted molar refractivity (Wildman–Crippen MR) is 86.1 cm³/mol. The van der Waals surface area contributed by atoms with E-state index in [1.165, 1.54) is 5.56 Å². The van der Waals surface area contributed by atoms with Crippen molar-refractivity contribution < 1.29 is 0 Å². The molecule has 2 rings (SSSR count). The Kier molecular flexibility index (Phi) is 6.21. The summed E-state index contributed by atoms with van der Waals surface area (Å²) in [6.07, 6.45) is 1.64. The van der Waals surface area contributed by atoms with Crippen molar-refractivity contribution in [2.45, 2.75) is 33.5 Å². The van der Waals surface area contributed by atoms with Crippen molar-refractivity contribution in [2.24, 2.45) is 5.92 Å². The first kappa shape index (κ1) is 16.0. The number of aromatic nitrogens is 3. The topological polar surface area (TPSA) is 34.0 Å². The first-order valence-corrected chi connectivity index (χ1v) is 7.91. The fourth-order valence-corrected chi connectivity index (χ4v) is 2.52. The number of nitrogens with zero attached hydrogens (tertiary/aromatic N) is 4. The first-order chi connectivity index (χ1) is 10.2. The monoisotopic (exact) mass is 306 g/mol. The quantitative estimate of drug-likeness (QED) is 0.703. The number of rotatable bonds is 8. The van der Waals surface area contributed by atoms with Gasteiger partial charge in [0.1, 0.15) is 12.2 Å². The van der Waals surface area contributed by atoms with E-state index in [0.29, 0.717) is 11.8 Å². The Balaban J connectivity index is 2.04. The molecule has 0 amide bonds. The van der Waals surface area contributed by atoms with Crippen LogP contribution in [0.5, 0.6) is 0 Å². The summed E-state index contributed by atoms with van der Waals surface area (Å²) in [5.41, 5.74) is 1.29. The van der Waals surface area contributed by atoms with Gasteiger partial charge in [0.25, 0.3) is 0 Å². The smallest absolute Gasteiger partial charge is 0.141 e. The Morgan fingerprint density at radius 1 is 1.19 bits per heavy atom. The zero-order chi connectivity index (χ0) is 15.1. The van der Waals surface area contributed by atoms with Crippen LogP contribution in [0, 0.1) is 5.92 Å². The molecule has 2 aromatic rings. The first-order valence-electron chi connectivity index (χ1n) is 7.38. The molecule has 0 aliphatic rings. The van der Waals surface area contributed by atoms with Crippen molar-refractivity contribution >= 4 is 11.6 Å². The van der Waals surface area contributed by atoms with Gasteiger partial charge in [0.15, 0.2) is 0 Å². The maximum atomic E-state index is 5.94. The van der Waals surface area contributed by atoms with E-state index < -0.39 is 0 Å². The normalized spacial score (nSPS) is 11.5. The zero-order valence-electron chi connectivity index (χ0n) is 12.7. The number of alkyl halides is 1. The van der Waals surface area contributed by atoms with Gasteiger partial charge in [-0.3, -0.25) is 4.90 Å². The molecule has 1 aromatic heterocycles. The maximum Gasteiger partial charge on any atom is 0.141 e. The molecular weight excluding hydrogens is 284 g/mol. The van der Waals surface area contributed by atoms with Crippen LogP contribution in [0.3, 0.4) is 0 Å². The average Bonchev–Trinajstić information content (AvgIpc) is 2.86. The molecule has 0 unspecified atom stereocenters. The molecule has 0 N–H and O–H groups in total. The highest BCUT2D eigenvalue weighted by Crippen LogP contribution is 2.10. The Labute approximate surface area is 131 Å². The number of hydrogen-bond acceptors (Lipinski definition) is 3. The third-order valence-corrected chi connectivity index (χ3v) is 3.42. The Bertz CT molecular complexity index is 524. The van der Waals surface area contributed by atoms with Gasteiger partial charge in [0.2, 0.25) is 0 Å². The van der Waals surface area contributed by atoms with E-state index in [-0.39, 0.29) is 0 Å². The molecule has 21 heavy (non-hydrogen) atoms. The van der Waals surface area contributed by atoms with Crippen LogP contribution >= 0.6 is 11.6 Å². The highest BCUT2D eigenvalue weighted by molar-refractivity contribution is 6.18. The Morgan fingerprint density at radius 3 is 2.62 bits per heavy atom. The van der Waals surface area contributed by atoms with E-state index >= 15 is 0 Å². The van der Waals surface area contributed by atoms with Crippen molar-refractivity contribution in [1.82, 2.24) is 19.7 Å². The molecule has 0 aliphatic heterocycles. The van der Waals surface area contributed by atoms with Gasteiger partial charge in [0, 0.05) is 25.5 Å². The largest absolute Gasteiger partial charge is 0.290 e. The van der Waals surface area contributed by atoms with Gasteiger partial charge in [-0.15, -0.1) is 11.6 Å². The standard InChI is InChI=1S/C16H23ClN4/c1-14(2)10-21-16(18-13-19-21)12-20(9-8-17)11-15-6-4-3-5-7-15/h3-7,13-14H,8-12H2,1-2H3. The minimum absolute atomic E-state index is 0.557. The molecule has 0 spiro atoms. The maximum absolute atomic E-state index is 5.94. The van der Waals surface area contributed by atoms with Crippen LogP contribution in [0.2, 0.25) is 0 Å². The lowest BCUT2D eigenvalue weighted by molar-refractivity contribution is 0.258. The molecule has 0 aliphatic carbocycles. The highest BCUT2D eigenvalue weighted by atomic mass is 35.5. The third kappa shape index (κ3) is 5.14. The fourth-order valence-electron chi connectivity index (χ4n) is 2.28. The molecule has 0 saturated carbocycles. The molecule has 0 fully saturated rings. The summed E-state index contributed by atoms with van der Waals surface area (Å²) >= 11 is 5.94. The lowest BCUT2D eigenvalue weighted by Crippen LogP contribution is -2.27.